The molecule has 2 aromatic carbocycles. The standard InChI is InChI=1S/C35H39F3N6O6/c1-34(2)19-27-29(28(45)20-34)30(35(36,37)38)41-44(27)22-10-13-25(31(39)46)26(18-22)40-21-8-11-24(12-9-21)50-33(48)43-16-14-42(15-17-43)32(47)49-23-6-4-3-5-7-23/h3-7,10,13,18,21,24,40H,8-9,11-12,14-17,19-20H2,1-2H3,(H2,39,46). The Bertz CT molecular complexity index is 1780. The van der Waals surface area contributed by atoms with Crippen LogP contribution in [0.3, 0.4) is 0 Å². The number of nitrogens with one attached hydrogen (secondary N) is 1. The van der Waals surface area contributed by atoms with Gasteiger partial charge in [-0.15, -0.1) is 0 Å². The smallest absolute Gasteiger partial charge is 0.435 e. The van der Waals surface area contributed by atoms with Crippen molar-refractivity contribution in [2.45, 2.75) is 70.7 Å². The summed E-state index contributed by atoms with van der Waals surface area (Å²) in [7, 11) is 0. The Balaban J connectivity index is 1.08. The molecule has 266 valence electrons. The number of nitrogens with two attached hydrogens (primary N) is 1. The second-order valence-corrected chi connectivity index (χ2v) is 13.8. The highest BCUT2D eigenvalue weighted by Gasteiger charge is 2.45. The van der Waals surface area contributed by atoms with Crippen LogP contribution in [0.25, 0.3) is 5.69 Å². The molecule has 0 spiro atoms. The summed E-state index contributed by atoms with van der Waals surface area (Å²) in [6.45, 7) is 4.88. The number of hydrogen-bond acceptors (Lipinski definition) is 8. The normalized spacial score (nSPS) is 20.5. The number of hydrogen-bond donors (Lipinski definition) is 2. The van der Waals surface area contributed by atoms with Gasteiger partial charge in [-0.05, 0) is 67.9 Å². The fourth-order valence-electron chi connectivity index (χ4n) is 6.85. The van der Waals surface area contributed by atoms with Gasteiger partial charge in [0.2, 0.25) is 0 Å². The molecule has 2 heterocycles. The molecular formula is C35H39F3N6O6. The topological polar surface area (TPSA) is 149 Å². The van der Waals surface area contributed by atoms with E-state index in [9.17, 15) is 32.3 Å². The second-order valence-electron chi connectivity index (χ2n) is 13.8. The van der Waals surface area contributed by atoms with Gasteiger partial charge in [-0.25, -0.2) is 14.3 Å². The number of primary amides is 1. The predicted molar refractivity (Wildman–Crippen MR) is 175 cm³/mol. The van der Waals surface area contributed by atoms with Crippen LogP contribution in [0, 0.1) is 5.41 Å². The molecule has 1 aromatic heterocycles. The summed E-state index contributed by atoms with van der Waals surface area (Å²) in [5.41, 5.74) is 4.38. The van der Waals surface area contributed by atoms with Crippen LogP contribution in [-0.2, 0) is 17.3 Å². The Morgan fingerprint density at radius 3 is 2.18 bits per heavy atom. The molecule has 50 heavy (non-hydrogen) atoms. The number of ketones is 1. The lowest BCUT2D eigenvalue weighted by atomic mass is 9.75. The second kappa shape index (κ2) is 13.7. The third kappa shape index (κ3) is 7.55. The number of rotatable bonds is 6. The highest BCUT2D eigenvalue weighted by Crippen LogP contribution is 2.42. The number of para-hydroxylation sites is 1. The third-order valence-electron chi connectivity index (χ3n) is 9.37. The van der Waals surface area contributed by atoms with Crippen molar-refractivity contribution in [3.63, 3.8) is 0 Å². The minimum Gasteiger partial charge on any atom is -0.446 e. The van der Waals surface area contributed by atoms with Crippen LogP contribution in [-0.4, -0.2) is 81.8 Å². The fourth-order valence-corrected chi connectivity index (χ4v) is 6.85. The zero-order valence-electron chi connectivity index (χ0n) is 27.8. The van der Waals surface area contributed by atoms with Crippen molar-refractivity contribution in [3.05, 3.63) is 71.0 Å². The average molecular weight is 697 g/mol. The maximum atomic E-state index is 14.0. The Morgan fingerprint density at radius 1 is 0.920 bits per heavy atom. The predicted octanol–water partition coefficient (Wildman–Crippen LogP) is 5.82. The van der Waals surface area contributed by atoms with Gasteiger partial charge in [-0.3, -0.25) is 9.59 Å². The van der Waals surface area contributed by atoms with Gasteiger partial charge in [0, 0.05) is 44.3 Å². The highest BCUT2D eigenvalue weighted by atomic mass is 19.4. The molecule has 0 atom stereocenters. The first-order chi connectivity index (χ1) is 23.7. The van der Waals surface area contributed by atoms with Crippen molar-refractivity contribution in [2.24, 2.45) is 11.1 Å². The van der Waals surface area contributed by atoms with E-state index in [-0.39, 0.29) is 41.9 Å². The number of halogens is 3. The summed E-state index contributed by atoms with van der Waals surface area (Å²) in [6, 6.07) is 13.0. The van der Waals surface area contributed by atoms with E-state index in [0.717, 1.165) is 4.68 Å². The maximum absolute atomic E-state index is 14.0. The molecule has 3 aliphatic rings. The highest BCUT2D eigenvalue weighted by molar-refractivity contribution is 6.00. The lowest BCUT2D eigenvalue weighted by Gasteiger charge is -2.35. The largest absolute Gasteiger partial charge is 0.446 e. The van der Waals surface area contributed by atoms with Crippen LogP contribution in [0.4, 0.5) is 28.4 Å². The van der Waals surface area contributed by atoms with Crippen molar-refractivity contribution in [3.8, 4) is 11.4 Å². The molecule has 2 aliphatic carbocycles. The van der Waals surface area contributed by atoms with Gasteiger partial charge >= 0.3 is 18.4 Å². The van der Waals surface area contributed by atoms with Gasteiger partial charge in [-0.1, -0.05) is 32.0 Å². The van der Waals surface area contributed by atoms with E-state index in [1.54, 1.807) is 34.1 Å². The van der Waals surface area contributed by atoms with Crippen molar-refractivity contribution in [1.82, 2.24) is 19.6 Å². The number of benzene rings is 2. The summed E-state index contributed by atoms with van der Waals surface area (Å²) in [6.07, 6.45) is -3.67. The summed E-state index contributed by atoms with van der Waals surface area (Å²) in [5, 5.41) is 7.19. The molecule has 3 amide bonds. The average Bonchev–Trinajstić information content (AvgIpc) is 3.45. The number of Topliss-reactive ketones (excluding diaryl/α,β-unsaturated/α-hetero) is 1. The van der Waals surface area contributed by atoms with Crippen molar-refractivity contribution in [2.75, 3.05) is 31.5 Å². The summed E-state index contributed by atoms with van der Waals surface area (Å²) in [5.74, 6) is -0.879. The van der Waals surface area contributed by atoms with Gasteiger partial charge < -0.3 is 30.3 Å². The fraction of sp³-hybridized carbons (Fsp3) is 0.457. The van der Waals surface area contributed by atoms with E-state index in [1.807, 2.05) is 19.9 Å². The molecule has 1 saturated heterocycles. The lowest BCUT2D eigenvalue weighted by molar-refractivity contribution is -0.141. The van der Waals surface area contributed by atoms with Crippen LogP contribution in [0.5, 0.6) is 5.75 Å². The number of carbonyl (C=O) groups excluding carboxylic acids is 4. The molecule has 1 saturated carbocycles. The van der Waals surface area contributed by atoms with Gasteiger partial charge in [0.15, 0.2) is 11.5 Å². The minimum absolute atomic E-state index is 0.0254. The first-order valence-corrected chi connectivity index (χ1v) is 16.6. The number of nitrogens with zero attached hydrogens (tertiary/aromatic N) is 4. The molecule has 12 nitrogen and oxygen atoms in total. The number of alkyl halides is 3. The zero-order valence-corrected chi connectivity index (χ0v) is 27.8. The van der Waals surface area contributed by atoms with E-state index >= 15 is 0 Å². The summed E-state index contributed by atoms with van der Waals surface area (Å²) in [4.78, 5) is 53.7. The quantitative estimate of drug-likeness (QED) is 0.328. The van der Waals surface area contributed by atoms with Gasteiger partial charge in [0.25, 0.3) is 5.91 Å². The van der Waals surface area contributed by atoms with Crippen LogP contribution >= 0.6 is 0 Å². The first-order valence-electron chi connectivity index (χ1n) is 16.6. The summed E-state index contributed by atoms with van der Waals surface area (Å²) < 4.78 is 54.3. The van der Waals surface area contributed by atoms with E-state index in [4.69, 9.17) is 15.2 Å². The van der Waals surface area contributed by atoms with Gasteiger partial charge in [0.1, 0.15) is 11.9 Å². The molecule has 3 N–H and O–H groups in total. The Kier molecular flexibility index (Phi) is 9.51. The number of anilines is 1. The SMILES string of the molecule is CC1(C)CC(=O)c2c(C(F)(F)F)nn(-c3ccc(C(N)=O)c(NC4CCC(OC(=O)N5CCN(C(=O)Oc6ccccc6)CC5)CC4)c3)c2C1. The minimum atomic E-state index is -4.83. The first kappa shape index (κ1) is 34.8. The number of carbonyl (C=O) groups is 4. The maximum Gasteiger partial charge on any atom is 0.435 e. The number of fused-ring (bicyclic) bond motifs is 1. The van der Waals surface area contributed by atoms with Crippen molar-refractivity contribution < 1.29 is 41.8 Å². The van der Waals surface area contributed by atoms with Crippen molar-refractivity contribution >= 4 is 29.6 Å². The van der Waals surface area contributed by atoms with E-state index in [1.165, 1.54) is 18.2 Å². The molecule has 2 fully saturated rings. The monoisotopic (exact) mass is 696 g/mol. The van der Waals surface area contributed by atoms with Crippen LogP contribution in [0.1, 0.15) is 78.1 Å². The number of ether oxygens (including phenoxy) is 2. The number of aromatic nitrogens is 2. The van der Waals surface area contributed by atoms with Gasteiger partial charge in [-0.2, -0.15) is 18.3 Å². The van der Waals surface area contributed by atoms with E-state index < -0.39 is 46.7 Å². The Hall–Kier alpha value is -5.08. The molecule has 6 rings (SSSR count). The number of amides is 3. The molecular weight excluding hydrogens is 657 g/mol. The molecule has 1 aliphatic heterocycles. The molecule has 15 heteroatoms. The van der Waals surface area contributed by atoms with Gasteiger partial charge in [0.05, 0.1) is 22.5 Å². The zero-order chi connectivity index (χ0) is 35.8. The van der Waals surface area contributed by atoms with E-state index in [0.29, 0.717) is 63.3 Å². The van der Waals surface area contributed by atoms with Crippen LogP contribution in [0.15, 0.2) is 48.5 Å². The van der Waals surface area contributed by atoms with Crippen molar-refractivity contribution in [1.29, 1.82) is 0 Å². The number of piperazine rings is 1. The molecule has 0 bridgehead atoms. The third-order valence-corrected chi connectivity index (χ3v) is 9.37. The molecule has 3 aromatic rings. The molecule has 0 unspecified atom stereocenters. The van der Waals surface area contributed by atoms with E-state index in [2.05, 4.69) is 10.4 Å². The lowest BCUT2D eigenvalue weighted by Crippen LogP contribution is -2.52. The van der Waals surface area contributed by atoms with Crippen LogP contribution < -0.4 is 15.8 Å². The Labute approximate surface area is 286 Å². The van der Waals surface area contributed by atoms with Crippen LogP contribution in [0.2, 0.25) is 0 Å². The molecule has 0 radical (unpaired) electrons. The summed E-state index contributed by atoms with van der Waals surface area (Å²) >= 11 is 0. The Morgan fingerprint density at radius 2 is 1.56 bits per heavy atom.